The lowest BCUT2D eigenvalue weighted by molar-refractivity contribution is -0.421. The van der Waals surface area contributed by atoms with E-state index in [0.717, 1.165) is 6.07 Å². The maximum Gasteiger partial charge on any atom is 0.353 e. The molecule has 0 amide bonds. The van der Waals surface area contributed by atoms with Crippen molar-refractivity contribution in [3.05, 3.63) is 113 Å². The van der Waals surface area contributed by atoms with Gasteiger partial charge in [0.1, 0.15) is 0 Å². The Labute approximate surface area is 177 Å². The summed E-state index contributed by atoms with van der Waals surface area (Å²) in [6.07, 6.45) is 0. The third kappa shape index (κ3) is 4.14. The molecule has 0 spiro atoms. The van der Waals surface area contributed by atoms with E-state index in [0.29, 0.717) is 5.39 Å². The third-order valence-electron chi connectivity index (χ3n) is 4.53. The lowest BCUT2D eigenvalue weighted by Crippen LogP contribution is -1.97. The molecule has 0 aromatic heterocycles. The molecule has 160 valence electrons. The molecule has 0 bridgehead atoms. The van der Waals surface area contributed by atoms with Crippen LogP contribution in [-0.4, -0.2) is 19.7 Å². The summed E-state index contributed by atoms with van der Waals surface area (Å²) in [5.41, 5.74) is -1.19. The van der Waals surface area contributed by atoms with E-state index in [9.17, 15) is 40.5 Å². The fourth-order valence-electron chi connectivity index (χ4n) is 3.18. The summed E-state index contributed by atoms with van der Waals surface area (Å²) >= 11 is 0. The van der Waals surface area contributed by atoms with Gasteiger partial charge in [-0.15, -0.1) is 0 Å². The first-order chi connectivity index (χ1) is 15.2. The summed E-state index contributed by atoms with van der Waals surface area (Å²) in [5, 5.41) is 44.4. The zero-order chi connectivity index (χ0) is 23.4. The highest BCUT2D eigenvalue weighted by Crippen LogP contribution is 2.34. The molecule has 0 saturated carbocycles. The van der Waals surface area contributed by atoms with Crippen molar-refractivity contribution in [2.75, 3.05) is 0 Å². The molecular formula is C20H12N4O8. The van der Waals surface area contributed by atoms with Gasteiger partial charge < -0.3 is 0 Å². The van der Waals surface area contributed by atoms with E-state index in [1.54, 1.807) is 18.2 Å². The van der Waals surface area contributed by atoms with Crippen LogP contribution in [0, 0.1) is 40.5 Å². The van der Waals surface area contributed by atoms with Gasteiger partial charge in [-0.3, -0.25) is 40.5 Å². The quantitative estimate of drug-likeness (QED) is 0.305. The molecule has 4 aromatic rings. The fraction of sp³-hybridized carbons (Fsp3) is 0. The Kier molecular flexibility index (Phi) is 5.96. The van der Waals surface area contributed by atoms with E-state index in [1.165, 1.54) is 48.5 Å². The molecule has 0 aliphatic heterocycles. The molecule has 0 atom stereocenters. The molecule has 0 unspecified atom stereocenters. The Morgan fingerprint density at radius 3 is 1.38 bits per heavy atom. The Morgan fingerprint density at radius 2 is 0.906 bits per heavy atom. The number of non-ortho nitro benzene ring substituents is 2. The Hall–Kier alpha value is -5.00. The van der Waals surface area contributed by atoms with E-state index in [1.807, 2.05) is 0 Å². The fourth-order valence-corrected chi connectivity index (χ4v) is 3.18. The zero-order valence-corrected chi connectivity index (χ0v) is 16.0. The first-order valence-corrected chi connectivity index (χ1v) is 8.83. The van der Waals surface area contributed by atoms with Gasteiger partial charge >= 0.3 is 11.4 Å². The van der Waals surface area contributed by atoms with Crippen molar-refractivity contribution in [3.63, 3.8) is 0 Å². The van der Waals surface area contributed by atoms with Crippen LogP contribution >= 0.6 is 0 Å². The summed E-state index contributed by atoms with van der Waals surface area (Å²) in [7, 11) is 0. The normalized spacial score (nSPS) is 10.2. The first kappa shape index (κ1) is 21.7. The molecule has 0 N–H and O–H groups in total. The number of fused-ring (bicyclic) bond motifs is 2. The predicted molar refractivity (Wildman–Crippen MR) is 115 cm³/mol. The van der Waals surface area contributed by atoms with Crippen molar-refractivity contribution in [2.45, 2.75) is 0 Å². The predicted octanol–water partition coefficient (Wildman–Crippen LogP) is 5.31. The minimum atomic E-state index is -0.745. The Balaban J connectivity index is 0.000000181. The number of hydrogen-bond acceptors (Lipinski definition) is 8. The van der Waals surface area contributed by atoms with Crippen LogP contribution in [0.15, 0.2) is 72.8 Å². The summed E-state index contributed by atoms with van der Waals surface area (Å²) in [5.74, 6) is 0. The van der Waals surface area contributed by atoms with Gasteiger partial charge in [-0.1, -0.05) is 30.3 Å². The Morgan fingerprint density at radius 1 is 0.438 bits per heavy atom. The van der Waals surface area contributed by atoms with E-state index in [-0.39, 0.29) is 27.5 Å². The van der Waals surface area contributed by atoms with Crippen LogP contribution in [0.3, 0.4) is 0 Å². The highest BCUT2D eigenvalue weighted by molar-refractivity contribution is 5.97. The van der Waals surface area contributed by atoms with Gasteiger partial charge in [-0.25, -0.2) is 0 Å². The molecule has 0 fully saturated rings. The van der Waals surface area contributed by atoms with E-state index < -0.39 is 31.1 Å². The number of benzene rings is 4. The van der Waals surface area contributed by atoms with Gasteiger partial charge in [0.2, 0.25) is 0 Å². The van der Waals surface area contributed by atoms with E-state index in [4.69, 9.17) is 0 Å². The smallest absolute Gasteiger partial charge is 0.258 e. The monoisotopic (exact) mass is 436 g/mol. The summed E-state index contributed by atoms with van der Waals surface area (Å²) in [4.78, 5) is 40.4. The molecular weight excluding hydrogens is 424 g/mol. The number of hydrogen-bond donors (Lipinski definition) is 0. The van der Waals surface area contributed by atoms with Crippen molar-refractivity contribution in [3.8, 4) is 0 Å². The van der Waals surface area contributed by atoms with Gasteiger partial charge in [0.25, 0.3) is 11.4 Å². The summed E-state index contributed by atoms with van der Waals surface area (Å²) < 4.78 is 0. The van der Waals surface area contributed by atoms with Crippen molar-refractivity contribution >= 4 is 44.3 Å². The largest absolute Gasteiger partial charge is 0.353 e. The van der Waals surface area contributed by atoms with Gasteiger partial charge in [0.15, 0.2) is 0 Å². The molecule has 0 radical (unpaired) electrons. The van der Waals surface area contributed by atoms with Gasteiger partial charge in [-0.2, -0.15) is 0 Å². The molecule has 0 aliphatic rings. The highest BCUT2D eigenvalue weighted by atomic mass is 16.6. The van der Waals surface area contributed by atoms with Crippen molar-refractivity contribution in [1.82, 2.24) is 0 Å². The molecule has 0 heterocycles. The minimum Gasteiger partial charge on any atom is -0.258 e. The van der Waals surface area contributed by atoms with Crippen LogP contribution in [0.1, 0.15) is 0 Å². The lowest BCUT2D eigenvalue weighted by atomic mass is 10.1. The van der Waals surface area contributed by atoms with Crippen LogP contribution in [0.5, 0.6) is 0 Å². The summed E-state index contributed by atoms with van der Waals surface area (Å²) in [6, 6.07) is 17.7. The maximum absolute atomic E-state index is 10.8. The van der Waals surface area contributed by atoms with Crippen molar-refractivity contribution in [2.24, 2.45) is 0 Å². The molecule has 4 aromatic carbocycles. The molecule has 0 aliphatic carbocycles. The number of nitrogens with zero attached hydrogens (tertiary/aromatic N) is 4. The van der Waals surface area contributed by atoms with Crippen molar-refractivity contribution < 1.29 is 19.7 Å². The highest BCUT2D eigenvalue weighted by Gasteiger charge is 2.26. The third-order valence-corrected chi connectivity index (χ3v) is 4.53. The van der Waals surface area contributed by atoms with E-state index in [2.05, 4.69) is 0 Å². The molecule has 0 saturated heterocycles. The number of nitro groups is 4. The SMILES string of the molecule is O=[N+]([O-])c1ccc2ccccc2c1[N+](=O)[O-].O=[N+]([O-])c1cccc2c([N+](=O)[O-])cccc12. The first-order valence-electron chi connectivity index (χ1n) is 8.83. The van der Waals surface area contributed by atoms with Crippen LogP contribution in [-0.2, 0) is 0 Å². The van der Waals surface area contributed by atoms with Gasteiger partial charge in [0, 0.05) is 18.2 Å². The lowest BCUT2D eigenvalue weighted by Gasteiger charge is -1.99. The van der Waals surface area contributed by atoms with Crippen LogP contribution < -0.4 is 0 Å². The zero-order valence-electron chi connectivity index (χ0n) is 16.0. The molecule has 32 heavy (non-hydrogen) atoms. The summed E-state index contributed by atoms with van der Waals surface area (Å²) in [6.45, 7) is 0. The average molecular weight is 436 g/mol. The Bertz CT molecular complexity index is 1350. The average Bonchev–Trinajstić information content (AvgIpc) is 2.77. The molecule has 12 nitrogen and oxygen atoms in total. The van der Waals surface area contributed by atoms with Gasteiger partial charge in [0.05, 0.1) is 35.9 Å². The van der Waals surface area contributed by atoms with Crippen LogP contribution in [0.4, 0.5) is 22.7 Å². The van der Waals surface area contributed by atoms with Gasteiger partial charge in [-0.05, 0) is 29.7 Å². The van der Waals surface area contributed by atoms with Crippen molar-refractivity contribution in [1.29, 1.82) is 0 Å². The standard InChI is InChI=1S/2C10H6N2O4/c13-11(14)9-5-1-3-7-8(9)4-2-6-10(7)12(15)16;13-11(14)9-6-5-7-3-1-2-4-8(7)10(9)12(15)16/h2*1-6H. The topological polar surface area (TPSA) is 173 Å². The molecule has 4 rings (SSSR count). The van der Waals surface area contributed by atoms with Crippen LogP contribution in [0.25, 0.3) is 21.5 Å². The second-order valence-electron chi connectivity index (χ2n) is 6.33. The second-order valence-corrected chi connectivity index (χ2v) is 6.33. The molecule has 12 heteroatoms. The van der Waals surface area contributed by atoms with E-state index >= 15 is 0 Å². The minimum absolute atomic E-state index is 0.124. The number of nitro benzene ring substituents is 4. The second kappa shape index (κ2) is 8.79. The number of rotatable bonds is 4. The van der Waals surface area contributed by atoms with Crippen LogP contribution in [0.2, 0.25) is 0 Å². The maximum atomic E-state index is 10.8.